The average molecular weight is 414 g/mol. The van der Waals surface area contributed by atoms with Crippen LogP contribution in [0.5, 0.6) is 11.6 Å². The van der Waals surface area contributed by atoms with Gasteiger partial charge in [0.25, 0.3) is 5.56 Å². The number of aliphatic carboxylic acids is 1. The SMILES string of the molecule is CC(C)c1cc(Oc2c(Cl)cc(NCCCCC(=O)O)cc2Cl)n[nH]c1=O. The van der Waals surface area contributed by atoms with E-state index in [9.17, 15) is 9.59 Å². The van der Waals surface area contributed by atoms with Crippen molar-refractivity contribution in [2.45, 2.75) is 39.0 Å². The van der Waals surface area contributed by atoms with Crippen LogP contribution >= 0.6 is 23.2 Å². The molecule has 2 rings (SSSR count). The van der Waals surface area contributed by atoms with Crippen molar-refractivity contribution in [1.29, 1.82) is 0 Å². The molecule has 1 aromatic carbocycles. The van der Waals surface area contributed by atoms with Gasteiger partial charge in [0, 0.05) is 30.3 Å². The van der Waals surface area contributed by atoms with Crippen molar-refractivity contribution in [3.63, 3.8) is 0 Å². The first-order chi connectivity index (χ1) is 12.8. The zero-order valence-electron chi connectivity index (χ0n) is 15.0. The minimum absolute atomic E-state index is 0.0118. The minimum Gasteiger partial charge on any atom is -0.481 e. The summed E-state index contributed by atoms with van der Waals surface area (Å²) in [6.07, 6.45) is 1.43. The molecule has 7 nitrogen and oxygen atoms in total. The van der Waals surface area contributed by atoms with Gasteiger partial charge in [-0.3, -0.25) is 9.59 Å². The van der Waals surface area contributed by atoms with Crippen LogP contribution < -0.4 is 15.6 Å². The molecule has 0 saturated carbocycles. The van der Waals surface area contributed by atoms with E-state index in [1.807, 2.05) is 13.8 Å². The number of hydrogen-bond acceptors (Lipinski definition) is 5. The molecule has 0 bridgehead atoms. The number of nitrogens with one attached hydrogen (secondary N) is 2. The van der Waals surface area contributed by atoms with Gasteiger partial charge in [0.15, 0.2) is 5.75 Å². The van der Waals surface area contributed by atoms with Crippen LogP contribution in [0.2, 0.25) is 10.0 Å². The lowest BCUT2D eigenvalue weighted by atomic mass is 10.1. The molecule has 0 amide bonds. The number of nitrogens with zero attached hydrogens (tertiary/aromatic N) is 1. The van der Waals surface area contributed by atoms with Gasteiger partial charge in [-0.05, 0) is 30.9 Å². The fourth-order valence-electron chi connectivity index (χ4n) is 2.38. The summed E-state index contributed by atoms with van der Waals surface area (Å²) in [5.41, 5.74) is 0.980. The molecule has 9 heteroatoms. The maximum Gasteiger partial charge on any atom is 0.303 e. The lowest BCUT2D eigenvalue weighted by Crippen LogP contribution is -2.15. The Bertz CT molecular complexity index is 845. The lowest BCUT2D eigenvalue weighted by Gasteiger charge is -2.13. The summed E-state index contributed by atoms with van der Waals surface area (Å²) in [6.45, 7) is 4.38. The van der Waals surface area contributed by atoms with Gasteiger partial charge in [0.05, 0.1) is 10.0 Å². The number of anilines is 1. The Morgan fingerprint density at radius 1 is 1.26 bits per heavy atom. The summed E-state index contributed by atoms with van der Waals surface area (Å²) < 4.78 is 5.67. The predicted molar refractivity (Wildman–Crippen MR) is 105 cm³/mol. The zero-order chi connectivity index (χ0) is 20.0. The molecule has 1 aromatic heterocycles. The molecule has 0 fully saturated rings. The maximum absolute atomic E-state index is 11.8. The molecular weight excluding hydrogens is 393 g/mol. The first-order valence-electron chi connectivity index (χ1n) is 8.50. The second kappa shape index (κ2) is 9.62. The number of hydrogen-bond donors (Lipinski definition) is 3. The van der Waals surface area contributed by atoms with Gasteiger partial charge in [0.1, 0.15) is 0 Å². The molecule has 0 radical (unpaired) electrons. The van der Waals surface area contributed by atoms with Crippen molar-refractivity contribution >= 4 is 34.9 Å². The number of aromatic amines is 1. The number of ether oxygens (including phenoxy) is 1. The van der Waals surface area contributed by atoms with Gasteiger partial charge < -0.3 is 15.2 Å². The van der Waals surface area contributed by atoms with Crippen LogP contribution in [0.25, 0.3) is 0 Å². The van der Waals surface area contributed by atoms with Crippen LogP contribution in [0.15, 0.2) is 23.0 Å². The van der Waals surface area contributed by atoms with Crippen molar-refractivity contribution in [2.75, 3.05) is 11.9 Å². The largest absolute Gasteiger partial charge is 0.481 e. The first kappa shape index (κ1) is 21.1. The molecule has 0 aliphatic rings. The van der Waals surface area contributed by atoms with Gasteiger partial charge in [-0.15, -0.1) is 5.10 Å². The van der Waals surface area contributed by atoms with Crippen molar-refractivity contribution in [1.82, 2.24) is 10.2 Å². The third-order valence-electron chi connectivity index (χ3n) is 3.78. The number of unbranched alkanes of at least 4 members (excludes halogenated alkanes) is 1. The highest BCUT2D eigenvalue weighted by molar-refractivity contribution is 6.37. The minimum atomic E-state index is -0.806. The van der Waals surface area contributed by atoms with Crippen LogP contribution in [0.1, 0.15) is 44.6 Å². The molecule has 0 spiro atoms. The molecule has 2 aromatic rings. The van der Waals surface area contributed by atoms with E-state index in [0.717, 1.165) is 0 Å². The predicted octanol–water partition coefficient (Wildman–Crippen LogP) is 4.66. The molecule has 0 atom stereocenters. The summed E-state index contributed by atoms with van der Waals surface area (Å²) >= 11 is 12.5. The topological polar surface area (TPSA) is 104 Å². The highest BCUT2D eigenvalue weighted by Gasteiger charge is 2.14. The molecule has 3 N–H and O–H groups in total. The molecular formula is C18H21Cl2N3O4. The van der Waals surface area contributed by atoms with E-state index in [-0.39, 0.29) is 39.6 Å². The Labute approximate surface area is 166 Å². The van der Waals surface area contributed by atoms with Gasteiger partial charge in [-0.2, -0.15) is 0 Å². The number of H-pyrrole nitrogens is 1. The molecule has 146 valence electrons. The Hall–Kier alpha value is -2.25. The summed E-state index contributed by atoms with van der Waals surface area (Å²) in [5, 5.41) is 18.6. The molecule has 0 aliphatic heterocycles. The van der Waals surface area contributed by atoms with E-state index in [1.165, 1.54) is 0 Å². The number of aromatic nitrogens is 2. The Balaban J connectivity index is 2.07. The number of carboxylic acid groups (broad SMARTS) is 1. The van der Waals surface area contributed by atoms with Crippen LogP contribution in [-0.2, 0) is 4.79 Å². The van der Waals surface area contributed by atoms with E-state index >= 15 is 0 Å². The Kier molecular flexibility index (Phi) is 7.50. The summed E-state index contributed by atoms with van der Waals surface area (Å²) in [6, 6.07) is 4.88. The van der Waals surface area contributed by atoms with E-state index in [4.69, 9.17) is 33.0 Å². The maximum atomic E-state index is 11.8. The lowest BCUT2D eigenvalue weighted by molar-refractivity contribution is -0.137. The van der Waals surface area contributed by atoms with Gasteiger partial charge in [-0.1, -0.05) is 37.0 Å². The summed E-state index contributed by atoms with van der Waals surface area (Å²) in [7, 11) is 0. The van der Waals surface area contributed by atoms with Crippen LogP contribution in [0, 0.1) is 0 Å². The number of carboxylic acids is 1. The third-order valence-corrected chi connectivity index (χ3v) is 4.34. The number of halogens is 2. The number of benzene rings is 1. The second-order valence-corrected chi connectivity index (χ2v) is 7.11. The third kappa shape index (κ3) is 6.15. The number of carbonyl (C=O) groups is 1. The summed E-state index contributed by atoms with van der Waals surface area (Å²) in [5.74, 6) is -0.364. The van der Waals surface area contributed by atoms with E-state index in [1.54, 1.807) is 18.2 Å². The van der Waals surface area contributed by atoms with Gasteiger partial charge in [-0.25, -0.2) is 5.10 Å². The van der Waals surface area contributed by atoms with Crippen LogP contribution in [0.4, 0.5) is 5.69 Å². The highest BCUT2D eigenvalue weighted by atomic mass is 35.5. The van der Waals surface area contributed by atoms with Gasteiger partial charge >= 0.3 is 5.97 Å². The first-order valence-corrected chi connectivity index (χ1v) is 9.25. The van der Waals surface area contributed by atoms with Crippen molar-refractivity contribution < 1.29 is 14.6 Å². The van der Waals surface area contributed by atoms with Crippen LogP contribution in [-0.4, -0.2) is 27.8 Å². The van der Waals surface area contributed by atoms with Gasteiger partial charge in [0.2, 0.25) is 5.88 Å². The fourth-order valence-corrected chi connectivity index (χ4v) is 2.94. The summed E-state index contributed by atoms with van der Waals surface area (Å²) in [4.78, 5) is 22.3. The van der Waals surface area contributed by atoms with Crippen LogP contribution in [0.3, 0.4) is 0 Å². The van der Waals surface area contributed by atoms with Crippen molar-refractivity contribution in [3.8, 4) is 11.6 Å². The average Bonchev–Trinajstić information content (AvgIpc) is 2.58. The van der Waals surface area contributed by atoms with Crippen molar-refractivity contribution in [2.24, 2.45) is 0 Å². The second-order valence-electron chi connectivity index (χ2n) is 6.29. The Morgan fingerprint density at radius 2 is 1.93 bits per heavy atom. The smallest absolute Gasteiger partial charge is 0.303 e. The monoisotopic (exact) mass is 413 g/mol. The molecule has 0 aliphatic carbocycles. The normalized spacial score (nSPS) is 10.9. The quantitative estimate of drug-likeness (QED) is 0.516. The van der Waals surface area contributed by atoms with E-state index in [0.29, 0.717) is 30.6 Å². The van der Waals surface area contributed by atoms with Crippen molar-refractivity contribution in [3.05, 3.63) is 44.2 Å². The molecule has 27 heavy (non-hydrogen) atoms. The molecule has 0 saturated heterocycles. The fraction of sp³-hybridized carbons (Fsp3) is 0.389. The highest BCUT2D eigenvalue weighted by Crippen LogP contribution is 2.38. The Morgan fingerprint density at radius 3 is 2.52 bits per heavy atom. The van der Waals surface area contributed by atoms with E-state index in [2.05, 4.69) is 15.5 Å². The van der Waals surface area contributed by atoms with E-state index < -0.39 is 5.97 Å². The standard InChI is InChI=1S/C18H21Cl2N3O4/c1-10(2)12-9-15(22-23-18(12)26)27-17-13(19)7-11(8-14(17)20)21-6-4-3-5-16(24)25/h7-10,21H,3-6H2,1-2H3,(H,23,26)(H,24,25). The number of rotatable bonds is 9. The zero-order valence-corrected chi connectivity index (χ0v) is 16.5. The molecule has 1 heterocycles. The molecule has 0 unspecified atom stereocenters.